The molecule has 0 aliphatic heterocycles. The number of nitrogens with one attached hydrogen (secondary N) is 1. The number of amides is 1. The summed E-state index contributed by atoms with van der Waals surface area (Å²) in [6.45, 7) is 6.28. The summed E-state index contributed by atoms with van der Waals surface area (Å²) in [6, 6.07) is 5.59. The van der Waals surface area contributed by atoms with E-state index in [1.54, 1.807) is 24.0 Å². The second-order valence-electron chi connectivity index (χ2n) is 5.86. The van der Waals surface area contributed by atoms with Crippen molar-refractivity contribution in [2.24, 2.45) is 5.92 Å². The molecule has 6 nitrogen and oxygen atoms in total. The molecule has 2 aromatic heterocycles. The van der Waals surface area contributed by atoms with Gasteiger partial charge in [0.05, 0.1) is 23.6 Å². The van der Waals surface area contributed by atoms with E-state index >= 15 is 0 Å². The molecule has 1 amide bonds. The summed E-state index contributed by atoms with van der Waals surface area (Å²) in [7, 11) is 0. The first-order valence-corrected chi connectivity index (χ1v) is 7.97. The number of rotatable bonds is 7. The van der Waals surface area contributed by atoms with Crippen LogP contribution in [0.3, 0.4) is 0 Å². The van der Waals surface area contributed by atoms with Gasteiger partial charge in [-0.15, -0.1) is 0 Å². The first-order valence-electron chi connectivity index (χ1n) is 7.97. The van der Waals surface area contributed by atoms with Gasteiger partial charge < -0.3 is 10.4 Å². The molecule has 0 fully saturated rings. The number of aliphatic hydroxyl groups is 1. The molecule has 0 spiro atoms. The largest absolute Gasteiger partial charge is 0.393 e. The van der Waals surface area contributed by atoms with Crippen LogP contribution < -0.4 is 5.32 Å². The lowest BCUT2D eigenvalue weighted by molar-refractivity contribution is 0.0938. The predicted octanol–water partition coefficient (Wildman–Crippen LogP) is 1.97. The van der Waals surface area contributed by atoms with E-state index in [2.05, 4.69) is 15.4 Å². The number of hydrogen-bond acceptors (Lipinski definition) is 4. The van der Waals surface area contributed by atoms with Crippen molar-refractivity contribution in [2.45, 2.75) is 39.7 Å². The number of nitrogens with zero attached hydrogens (tertiary/aromatic N) is 3. The summed E-state index contributed by atoms with van der Waals surface area (Å²) in [5.41, 5.74) is 1.41. The topological polar surface area (TPSA) is 80.0 Å². The van der Waals surface area contributed by atoms with Gasteiger partial charge in [0.1, 0.15) is 0 Å². The Morgan fingerprint density at radius 3 is 2.78 bits per heavy atom. The Morgan fingerprint density at radius 1 is 1.39 bits per heavy atom. The smallest absolute Gasteiger partial charge is 0.254 e. The third-order valence-electron chi connectivity index (χ3n) is 3.67. The molecule has 6 heteroatoms. The van der Waals surface area contributed by atoms with Gasteiger partial charge in [0.25, 0.3) is 5.91 Å². The summed E-state index contributed by atoms with van der Waals surface area (Å²) in [5.74, 6) is 0.780. The van der Waals surface area contributed by atoms with Crippen LogP contribution in [-0.2, 0) is 6.42 Å². The zero-order valence-electron chi connectivity index (χ0n) is 13.9. The second-order valence-corrected chi connectivity index (χ2v) is 5.86. The molecule has 124 valence electrons. The Labute approximate surface area is 136 Å². The lowest BCUT2D eigenvalue weighted by Crippen LogP contribution is -2.30. The average molecular weight is 316 g/mol. The van der Waals surface area contributed by atoms with Crippen LogP contribution in [0.25, 0.3) is 5.82 Å². The highest BCUT2D eigenvalue weighted by Crippen LogP contribution is 2.14. The fourth-order valence-electron chi connectivity index (χ4n) is 2.61. The quantitative estimate of drug-likeness (QED) is 0.818. The molecular formula is C17H24N4O2. The van der Waals surface area contributed by atoms with E-state index in [1.165, 1.54) is 0 Å². The number of pyridine rings is 1. The average Bonchev–Trinajstić information content (AvgIpc) is 2.96. The van der Waals surface area contributed by atoms with Crippen LogP contribution in [0, 0.1) is 5.92 Å². The molecule has 0 saturated heterocycles. The molecule has 0 saturated carbocycles. The van der Waals surface area contributed by atoms with Crippen LogP contribution in [0.2, 0.25) is 0 Å². The molecule has 0 aliphatic carbocycles. The van der Waals surface area contributed by atoms with E-state index in [9.17, 15) is 9.90 Å². The van der Waals surface area contributed by atoms with Crippen LogP contribution in [0.5, 0.6) is 0 Å². The van der Waals surface area contributed by atoms with Gasteiger partial charge in [0.15, 0.2) is 5.82 Å². The third-order valence-corrected chi connectivity index (χ3v) is 3.67. The summed E-state index contributed by atoms with van der Waals surface area (Å²) < 4.78 is 1.70. The van der Waals surface area contributed by atoms with E-state index in [0.717, 1.165) is 5.69 Å². The lowest BCUT2D eigenvalue weighted by atomic mass is 10.0. The van der Waals surface area contributed by atoms with Crippen molar-refractivity contribution in [3.05, 3.63) is 41.9 Å². The lowest BCUT2D eigenvalue weighted by Gasteiger charge is -2.14. The number of aliphatic hydroxyl groups excluding tert-OH is 1. The maximum absolute atomic E-state index is 12.4. The molecule has 23 heavy (non-hydrogen) atoms. The van der Waals surface area contributed by atoms with Crippen molar-refractivity contribution in [3.8, 4) is 5.82 Å². The molecule has 2 unspecified atom stereocenters. The molecule has 0 aromatic carbocycles. The van der Waals surface area contributed by atoms with Crippen LogP contribution >= 0.6 is 0 Å². The Balaban J connectivity index is 2.11. The minimum Gasteiger partial charge on any atom is -0.393 e. The Kier molecular flexibility index (Phi) is 5.87. The molecule has 0 bridgehead atoms. The first-order chi connectivity index (χ1) is 11.0. The van der Waals surface area contributed by atoms with Crippen LogP contribution in [0.15, 0.2) is 30.6 Å². The highest BCUT2D eigenvalue weighted by Gasteiger charge is 2.18. The highest BCUT2D eigenvalue weighted by atomic mass is 16.3. The van der Waals surface area contributed by atoms with Gasteiger partial charge in [0, 0.05) is 12.7 Å². The normalized spacial score (nSPS) is 13.6. The zero-order chi connectivity index (χ0) is 16.8. The zero-order valence-corrected chi connectivity index (χ0v) is 13.9. The molecule has 2 N–H and O–H groups in total. The van der Waals surface area contributed by atoms with Crippen molar-refractivity contribution in [2.75, 3.05) is 6.54 Å². The monoisotopic (exact) mass is 316 g/mol. The third kappa shape index (κ3) is 4.39. The molecule has 2 rings (SSSR count). The Hall–Kier alpha value is -2.21. The highest BCUT2D eigenvalue weighted by molar-refractivity contribution is 5.95. The van der Waals surface area contributed by atoms with Gasteiger partial charge in [-0.05, 0) is 37.8 Å². The summed E-state index contributed by atoms with van der Waals surface area (Å²) >= 11 is 0. The maximum Gasteiger partial charge on any atom is 0.254 e. The summed E-state index contributed by atoms with van der Waals surface area (Å²) in [6.07, 6.45) is 4.27. The number of aromatic nitrogens is 3. The molecule has 2 aromatic rings. The van der Waals surface area contributed by atoms with Gasteiger partial charge in [-0.2, -0.15) is 5.10 Å². The summed E-state index contributed by atoms with van der Waals surface area (Å²) in [5, 5.41) is 16.6. The first kappa shape index (κ1) is 17.1. The molecule has 0 radical (unpaired) electrons. The Bertz CT molecular complexity index is 637. The minimum absolute atomic E-state index is 0.138. The number of hydrogen-bond donors (Lipinski definition) is 2. The van der Waals surface area contributed by atoms with E-state index in [-0.39, 0.29) is 17.9 Å². The fraction of sp³-hybridized carbons (Fsp3) is 0.471. The molecule has 0 aliphatic rings. The molecule has 2 atom stereocenters. The number of carbonyl (C=O) groups excluding carboxylic acids is 1. The second kappa shape index (κ2) is 7.87. The molecular weight excluding hydrogens is 292 g/mol. The minimum atomic E-state index is -0.361. The van der Waals surface area contributed by atoms with Gasteiger partial charge in [-0.3, -0.25) is 4.79 Å². The Morgan fingerprint density at radius 2 is 2.17 bits per heavy atom. The van der Waals surface area contributed by atoms with Crippen molar-refractivity contribution in [1.82, 2.24) is 20.1 Å². The SMILES string of the molecule is CCc1c(C(=O)NCC(C)CC(C)O)cnn1-c1ccccn1. The van der Waals surface area contributed by atoms with E-state index in [0.29, 0.717) is 30.8 Å². The van der Waals surface area contributed by atoms with E-state index < -0.39 is 0 Å². The van der Waals surface area contributed by atoms with Crippen LogP contribution in [0.4, 0.5) is 0 Å². The number of carbonyl (C=O) groups is 1. The van der Waals surface area contributed by atoms with Crippen LogP contribution in [-0.4, -0.2) is 38.4 Å². The standard InChI is InChI=1S/C17H24N4O2/c1-4-15-14(17(23)19-10-12(2)9-13(3)22)11-20-21(15)16-7-5-6-8-18-16/h5-8,11-13,22H,4,9-10H2,1-3H3,(H,19,23). The van der Waals surface area contributed by atoms with Gasteiger partial charge in [-0.25, -0.2) is 9.67 Å². The van der Waals surface area contributed by atoms with Crippen molar-refractivity contribution < 1.29 is 9.90 Å². The van der Waals surface area contributed by atoms with E-state index in [1.807, 2.05) is 32.0 Å². The molecule has 2 heterocycles. The van der Waals surface area contributed by atoms with Crippen molar-refractivity contribution >= 4 is 5.91 Å². The fourth-order valence-corrected chi connectivity index (χ4v) is 2.61. The van der Waals surface area contributed by atoms with Gasteiger partial charge in [0.2, 0.25) is 0 Å². The van der Waals surface area contributed by atoms with E-state index in [4.69, 9.17) is 0 Å². The van der Waals surface area contributed by atoms with Crippen LogP contribution in [0.1, 0.15) is 43.2 Å². The van der Waals surface area contributed by atoms with Crippen molar-refractivity contribution in [1.29, 1.82) is 0 Å². The van der Waals surface area contributed by atoms with Gasteiger partial charge in [-0.1, -0.05) is 19.9 Å². The maximum atomic E-state index is 12.4. The summed E-state index contributed by atoms with van der Waals surface area (Å²) in [4.78, 5) is 16.7. The predicted molar refractivity (Wildman–Crippen MR) is 88.5 cm³/mol. The van der Waals surface area contributed by atoms with Gasteiger partial charge >= 0.3 is 0 Å². The van der Waals surface area contributed by atoms with Crippen molar-refractivity contribution in [3.63, 3.8) is 0 Å².